The van der Waals surface area contributed by atoms with E-state index in [9.17, 15) is 8.42 Å². The Morgan fingerprint density at radius 2 is 1.65 bits per heavy atom. The molecule has 3 nitrogen and oxygen atoms in total. The fraction of sp³-hybridized carbons (Fsp3) is 0.0625. The predicted molar refractivity (Wildman–Crippen MR) is 79.4 cm³/mol. The number of hydrogen-bond acceptors (Lipinski definition) is 3. The van der Waals surface area contributed by atoms with Crippen LogP contribution in [0.25, 0.3) is 18.4 Å². The molecule has 0 saturated heterocycles. The van der Waals surface area contributed by atoms with E-state index in [1.165, 1.54) is 6.26 Å². The third-order valence-electron chi connectivity index (χ3n) is 3.21. The van der Waals surface area contributed by atoms with Crippen LogP contribution in [0.15, 0.2) is 52.4 Å². The molecule has 0 fully saturated rings. The van der Waals surface area contributed by atoms with Crippen LogP contribution in [0, 0.1) is 0 Å². The van der Waals surface area contributed by atoms with E-state index in [2.05, 4.69) is 4.99 Å². The first kappa shape index (κ1) is 12.8. The number of hydrogen-bond donors (Lipinski definition) is 0. The van der Waals surface area contributed by atoms with E-state index in [4.69, 9.17) is 0 Å². The average molecular weight is 283 g/mol. The lowest BCUT2D eigenvalue weighted by atomic mass is 10.2. The van der Waals surface area contributed by atoms with Gasteiger partial charge < -0.3 is 0 Å². The van der Waals surface area contributed by atoms with Crippen molar-refractivity contribution >= 4 is 28.2 Å². The summed E-state index contributed by atoms with van der Waals surface area (Å²) in [6.07, 6.45) is 6.73. The zero-order valence-corrected chi connectivity index (χ0v) is 11.8. The van der Waals surface area contributed by atoms with Crippen LogP contribution in [0.5, 0.6) is 0 Å². The standard InChI is InChI=1S/C16H13NO2S/c1-20(18,19)16-8-4-7-15-14(16)10-9-12-5-2-3-6-13(12)11-17-15/h2-11H,1H3/b10-9?,12-9-,13-11-,14-10+,17-11?,17-15-. The Morgan fingerprint density at radius 1 is 0.900 bits per heavy atom. The van der Waals surface area contributed by atoms with Gasteiger partial charge in [0, 0.05) is 17.7 Å². The fourth-order valence-corrected chi connectivity index (χ4v) is 3.13. The molecule has 100 valence electrons. The van der Waals surface area contributed by atoms with Crippen molar-refractivity contribution in [2.75, 3.05) is 6.26 Å². The van der Waals surface area contributed by atoms with Gasteiger partial charge in [-0.25, -0.2) is 8.42 Å². The third-order valence-corrected chi connectivity index (χ3v) is 4.37. The smallest absolute Gasteiger partial charge is 0.176 e. The quantitative estimate of drug-likeness (QED) is 0.723. The maximum Gasteiger partial charge on any atom is 0.176 e. The first-order chi connectivity index (χ1) is 9.55. The van der Waals surface area contributed by atoms with Crippen LogP contribution in [0.3, 0.4) is 0 Å². The van der Waals surface area contributed by atoms with Gasteiger partial charge >= 0.3 is 0 Å². The summed E-state index contributed by atoms with van der Waals surface area (Å²) in [6.45, 7) is 0. The summed E-state index contributed by atoms with van der Waals surface area (Å²) in [5, 5.41) is 3.34. The summed E-state index contributed by atoms with van der Waals surface area (Å²) in [7, 11) is -3.27. The first-order valence-electron chi connectivity index (χ1n) is 6.20. The highest BCUT2D eigenvalue weighted by molar-refractivity contribution is 7.90. The van der Waals surface area contributed by atoms with Gasteiger partial charge in [0.2, 0.25) is 0 Å². The van der Waals surface area contributed by atoms with Crippen molar-refractivity contribution in [3.63, 3.8) is 0 Å². The Kier molecular flexibility index (Phi) is 3.03. The lowest BCUT2D eigenvalue weighted by Crippen LogP contribution is -2.32. The maximum atomic E-state index is 11.9. The van der Waals surface area contributed by atoms with Crippen molar-refractivity contribution in [2.45, 2.75) is 4.90 Å². The second kappa shape index (κ2) is 4.72. The largest absolute Gasteiger partial charge is 0.256 e. The van der Waals surface area contributed by atoms with Crippen molar-refractivity contribution in [3.8, 4) is 0 Å². The molecule has 1 heterocycles. The van der Waals surface area contributed by atoms with Crippen LogP contribution in [0.4, 0.5) is 0 Å². The minimum absolute atomic E-state index is 0.308. The van der Waals surface area contributed by atoms with Gasteiger partial charge in [-0.1, -0.05) is 42.5 Å². The Labute approximate surface area is 116 Å². The van der Waals surface area contributed by atoms with Crippen molar-refractivity contribution < 1.29 is 8.42 Å². The van der Waals surface area contributed by atoms with Crippen LogP contribution in [-0.4, -0.2) is 14.7 Å². The molecule has 0 N–H and O–H groups in total. The monoisotopic (exact) mass is 283 g/mol. The summed E-state index contributed by atoms with van der Waals surface area (Å²) >= 11 is 0. The van der Waals surface area contributed by atoms with Crippen LogP contribution in [0.1, 0.15) is 0 Å². The SMILES string of the molecule is CS(=O)(=O)c1cccc2/c1=C\C=c1\cccc\c1=C\N=2. The lowest BCUT2D eigenvalue weighted by Gasteiger charge is -2.01. The average Bonchev–Trinajstić information content (AvgIpc) is 2.40. The molecular formula is C16H13NO2S. The number of fused-ring (bicyclic) bond motifs is 2. The minimum Gasteiger partial charge on any atom is -0.256 e. The van der Waals surface area contributed by atoms with Crippen LogP contribution < -0.4 is 21.0 Å². The van der Waals surface area contributed by atoms with Gasteiger partial charge in [0.1, 0.15) is 0 Å². The Bertz CT molecular complexity index is 1020. The molecule has 4 heteroatoms. The van der Waals surface area contributed by atoms with Crippen molar-refractivity contribution in [1.29, 1.82) is 0 Å². The first-order valence-corrected chi connectivity index (χ1v) is 8.09. The van der Waals surface area contributed by atoms with E-state index in [1.807, 2.05) is 42.5 Å². The van der Waals surface area contributed by atoms with E-state index in [1.54, 1.807) is 18.3 Å². The Hall–Kier alpha value is -2.20. The summed E-state index contributed by atoms with van der Waals surface area (Å²) in [4.78, 5) is 4.73. The van der Waals surface area contributed by atoms with E-state index >= 15 is 0 Å². The van der Waals surface area contributed by atoms with Crippen molar-refractivity contribution in [1.82, 2.24) is 0 Å². The summed E-state index contributed by atoms with van der Waals surface area (Å²) in [5.41, 5.74) is 0. The molecule has 0 atom stereocenters. The van der Waals surface area contributed by atoms with Gasteiger partial charge in [-0.3, -0.25) is 4.99 Å². The van der Waals surface area contributed by atoms with E-state index in [0.29, 0.717) is 15.5 Å². The normalized spacial score (nSPS) is 20.1. The maximum absolute atomic E-state index is 11.9. The molecule has 0 amide bonds. The fourth-order valence-electron chi connectivity index (χ4n) is 2.23. The molecule has 0 spiro atoms. The summed E-state index contributed by atoms with van der Waals surface area (Å²) < 4.78 is 23.7. The summed E-state index contributed by atoms with van der Waals surface area (Å²) in [5.74, 6) is 0. The predicted octanol–water partition coefficient (Wildman–Crippen LogP) is -0.278. The van der Waals surface area contributed by atoms with E-state index in [0.717, 1.165) is 10.4 Å². The Balaban J connectivity index is 2.48. The lowest BCUT2D eigenvalue weighted by molar-refractivity contribution is 0.601. The number of benzene rings is 2. The number of nitrogens with zero attached hydrogens (tertiary/aromatic N) is 1. The molecule has 2 aromatic rings. The zero-order valence-electron chi connectivity index (χ0n) is 10.9. The van der Waals surface area contributed by atoms with Crippen LogP contribution in [-0.2, 0) is 9.84 Å². The Morgan fingerprint density at radius 3 is 2.40 bits per heavy atom. The third kappa shape index (κ3) is 2.30. The van der Waals surface area contributed by atoms with Gasteiger partial charge in [0.25, 0.3) is 0 Å². The molecule has 0 radical (unpaired) electrons. The molecule has 3 rings (SSSR count). The van der Waals surface area contributed by atoms with Gasteiger partial charge in [-0.2, -0.15) is 0 Å². The second-order valence-electron chi connectivity index (χ2n) is 4.68. The highest BCUT2D eigenvalue weighted by atomic mass is 32.2. The van der Waals surface area contributed by atoms with Gasteiger partial charge in [0.15, 0.2) is 9.84 Å². The zero-order chi connectivity index (χ0) is 14.2. The van der Waals surface area contributed by atoms with Crippen LogP contribution >= 0.6 is 0 Å². The van der Waals surface area contributed by atoms with Gasteiger partial charge in [-0.15, -0.1) is 0 Å². The molecule has 1 aliphatic rings. The summed E-state index contributed by atoms with van der Waals surface area (Å²) in [6, 6.07) is 13.0. The molecule has 0 bridgehead atoms. The molecule has 0 unspecified atom stereocenters. The van der Waals surface area contributed by atoms with Gasteiger partial charge in [-0.05, 0) is 22.6 Å². The van der Waals surface area contributed by atoms with E-state index < -0.39 is 9.84 Å². The molecule has 0 aromatic heterocycles. The topological polar surface area (TPSA) is 46.5 Å². The highest BCUT2D eigenvalue weighted by Gasteiger charge is 2.09. The molecule has 0 saturated carbocycles. The number of sulfone groups is 1. The molecule has 1 aliphatic heterocycles. The molecule has 0 aliphatic carbocycles. The van der Waals surface area contributed by atoms with Crippen LogP contribution in [0.2, 0.25) is 0 Å². The minimum atomic E-state index is -3.27. The number of rotatable bonds is 1. The van der Waals surface area contributed by atoms with Crippen molar-refractivity contribution in [2.24, 2.45) is 4.99 Å². The molecular weight excluding hydrogens is 270 g/mol. The van der Waals surface area contributed by atoms with Crippen molar-refractivity contribution in [3.05, 3.63) is 63.5 Å². The van der Waals surface area contributed by atoms with Gasteiger partial charge in [0.05, 0.1) is 10.3 Å². The molecule has 2 aromatic carbocycles. The highest BCUT2D eigenvalue weighted by Crippen LogP contribution is 1.99. The van der Waals surface area contributed by atoms with E-state index in [-0.39, 0.29) is 0 Å². The second-order valence-corrected chi connectivity index (χ2v) is 6.67. The molecule has 20 heavy (non-hydrogen) atoms.